The van der Waals surface area contributed by atoms with Crippen LogP contribution in [0.2, 0.25) is 0 Å². The van der Waals surface area contributed by atoms with Gasteiger partial charge in [0.25, 0.3) is 0 Å². The van der Waals surface area contributed by atoms with E-state index < -0.39 is 0 Å². The standard InChI is InChI=1S/C9H12BrNOS/c1-6(2)3-8(10)9-11-7(4-12)5-13-9/h4-6,8H,3H2,1-2H3. The van der Waals surface area contributed by atoms with Gasteiger partial charge in [0.1, 0.15) is 10.7 Å². The molecule has 1 heterocycles. The molecule has 0 N–H and O–H groups in total. The van der Waals surface area contributed by atoms with Crippen molar-refractivity contribution in [3.8, 4) is 0 Å². The van der Waals surface area contributed by atoms with Gasteiger partial charge in [-0.25, -0.2) is 4.98 Å². The molecule has 1 unspecified atom stereocenters. The highest BCUT2D eigenvalue weighted by atomic mass is 79.9. The highest BCUT2D eigenvalue weighted by Crippen LogP contribution is 2.31. The quantitative estimate of drug-likeness (QED) is 0.614. The predicted octanol–water partition coefficient (Wildman–Crippen LogP) is 3.44. The van der Waals surface area contributed by atoms with Crippen LogP contribution in [0.15, 0.2) is 5.38 Å². The first-order chi connectivity index (χ1) is 6.13. The first-order valence-electron chi connectivity index (χ1n) is 4.18. The van der Waals surface area contributed by atoms with Crippen LogP contribution in [0.5, 0.6) is 0 Å². The minimum Gasteiger partial charge on any atom is -0.296 e. The Bertz CT molecular complexity index is 285. The maximum atomic E-state index is 10.4. The third kappa shape index (κ3) is 3.19. The zero-order chi connectivity index (χ0) is 9.84. The summed E-state index contributed by atoms with van der Waals surface area (Å²) in [7, 11) is 0. The Morgan fingerprint density at radius 3 is 2.85 bits per heavy atom. The molecule has 0 amide bonds. The molecule has 2 nitrogen and oxygen atoms in total. The number of carbonyl (C=O) groups is 1. The Kier molecular flexibility index (Phi) is 4.06. The fourth-order valence-corrected chi connectivity index (χ4v) is 2.94. The van der Waals surface area contributed by atoms with Crippen LogP contribution in [0.1, 0.15) is 40.6 Å². The molecule has 1 aromatic rings. The fourth-order valence-electron chi connectivity index (χ4n) is 1.01. The van der Waals surface area contributed by atoms with Crippen LogP contribution in [-0.4, -0.2) is 11.3 Å². The average Bonchev–Trinajstić information content (AvgIpc) is 2.50. The van der Waals surface area contributed by atoms with E-state index in [1.165, 1.54) is 11.3 Å². The number of halogens is 1. The maximum Gasteiger partial charge on any atom is 0.169 e. The minimum atomic E-state index is 0.284. The molecule has 0 aromatic carbocycles. The molecule has 0 fully saturated rings. The van der Waals surface area contributed by atoms with Crippen molar-refractivity contribution in [3.05, 3.63) is 16.1 Å². The number of aromatic nitrogens is 1. The first kappa shape index (κ1) is 10.9. The molecule has 0 spiro atoms. The van der Waals surface area contributed by atoms with Gasteiger partial charge >= 0.3 is 0 Å². The highest BCUT2D eigenvalue weighted by Gasteiger charge is 2.13. The summed E-state index contributed by atoms with van der Waals surface area (Å²) in [6, 6.07) is 0. The van der Waals surface area contributed by atoms with Crippen molar-refractivity contribution in [2.24, 2.45) is 5.92 Å². The first-order valence-corrected chi connectivity index (χ1v) is 5.97. The molecular formula is C9H12BrNOS. The second kappa shape index (κ2) is 4.86. The number of thiazole rings is 1. The van der Waals surface area contributed by atoms with Crippen LogP contribution in [-0.2, 0) is 0 Å². The molecule has 0 aliphatic heterocycles. The largest absolute Gasteiger partial charge is 0.296 e. The van der Waals surface area contributed by atoms with E-state index in [9.17, 15) is 4.79 Å². The van der Waals surface area contributed by atoms with E-state index >= 15 is 0 Å². The normalized spacial score (nSPS) is 13.2. The molecular weight excluding hydrogens is 250 g/mol. The molecule has 0 saturated heterocycles. The van der Waals surface area contributed by atoms with Crippen LogP contribution in [0.25, 0.3) is 0 Å². The summed E-state index contributed by atoms with van der Waals surface area (Å²) in [5.74, 6) is 0.632. The minimum absolute atomic E-state index is 0.284. The van der Waals surface area contributed by atoms with Crippen molar-refractivity contribution >= 4 is 33.6 Å². The summed E-state index contributed by atoms with van der Waals surface area (Å²) in [4.78, 5) is 14.9. The van der Waals surface area contributed by atoms with E-state index in [4.69, 9.17) is 0 Å². The van der Waals surface area contributed by atoms with Crippen molar-refractivity contribution < 1.29 is 4.79 Å². The lowest BCUT2D eigenvalue weighted by molar-refractivity contribution is 0.111. The van der Waals surface area contributed by atoms with Gasteiger partial charge in [-0.2, -0.15) is 0 Å². The number of hydrogen-bond acceptors (Lipinski definition) is 3. The summed E-state index contributed by atoms with van der Waals surface area (Å²) in [6.45, 7) is 4.34. The second-order valence-electron chi connectivity index (χ2n) is 3.33. The zero-order valence-corrected chi connectivity index (χ0v) is 10.1. The van der Waals surface area contributed by atoms with Crippen LogP contribution < -0.4 is 0 Å². The van der Waals surface area contributed by atoms with Crippen LogP contribution >= 0.6 is 27.3 Å². The second-order valence-corrected chi connectivity index (χ2v) is 5.32. The number of hydrogen-bond donors (Lipinski definition) is 0. The van der Waals surface area contributed by atoms with E-state index in [2.05, 4.69) is 34.8 Å². The Morgan fingerprint density at radius 1 is 1.69 bits per heavy atom. The topological polar surface area (TPSA) is 30.0 Å². The van der Waals surface area contributed by atoms with E-state index in [0.717, 1.165) is 17.7 Å². The van der Waals surface area contributed by atoms with Gasteiger partial charge < -0.3 is 0 Å². The predicted molar refractivity (Wildman–Crippen MR) is 58.6 cm³/mol. The summed E-state index contributed by atoms with van der Waals surface area (Å²) >= 11 is 5.10. The van der Waals surface area contributed by atoms with E-state index in [-0.39, 0.29) is 4.83 Å². The van der Waals surface area contributed by atoms with Gasteiger partial charge in [0.05, 0.1) is 4.83 Å². The van der Waals surface area contributed by atoms with Gasteiger partial charge in [0.2, 0.25) is 0 Å². The monoisotopic (exact) mass is 261 g/mol. The molecule has 1 atom stereocenters. The van der Waals surface area contributed by atoms with Crippen molar-refractivity contribution in [2.75, 3.05) is 0 Å². The Morgan fingerprint density at radius 2 is 2.38 bits per heavy atom. The Hall–Kier alpha value is -0.220. The van der Waals surface area contributed by atoms with Gasteiger partial charge in [-0.3, -0.25) is 4.79 Å². The van der Waals surface area contributed by atoms with Gasteiger partial charge in [0, 0.05) is 5.38 Å². The third-order valence-corrected chi connectivity index (χ3v) is 3.69. The summed E-state index contributed by atoms with van der Waals surface area (Å²) in [5.41, 5.74) is 0.535. The van der Waals surface area contributed by atoms with Crippen molar-refractivity contribution in [2.45, 2.75) is 25.1 Å². The number of aldehydes is 1. The molecule has 1 aromatic heterocycles. The lowest BCUT2D eigenvalue weighted by Gasteiger charge is -2.08. The fraction of sp³-hybridized carbons (Fsp3) is 0.556. The van der Waals surface area contributed by atoms with Crippen molar-refractivity contribution in [1.82, 2.24) is 4.98 Å². The number of nitrogens with zero attached hydrogens (tertiary/aromatic N) is 1. The van der Waals surface area contributed by atoms with Crippen LogP contribution in [0.3, 0.4) is 0 Å². The maximum absolute atomic E-state index is 10.4. The molecule has 13 heavy (non-hydrogen) atoms. The smallest absolute Gasteiger partial charge is 0.169 e. The Balaban J connectivity index is 2.65. The zero-order valence-electron chi connectivity index (χ0n) is 7.66. The SMILES string of the molecule is CC(C)CC(Br)c1nc(C=O)cs1. The van der Waals surface area contributed by atoms with E-state index in [0.29, 0.717) is 11.6 Å². The van der Waals surface area contributed by atoms with Gasteiger partial charge in [-0.05, 0) is 12.3 Å². The number of rotatable bonds is 4. The summed E-state index contributed by atoms with van der Waals surface area (Å²) < 4.78 is 0. The lowest BCUT2D eigenvalue weighted by Crippen LogP contribution is -1.95. The molecule has 4 heteroatoms. The average molecular weight is 262 g/mol. The molecule has 0 radical (unpaired) electrons. The Labute approximate surface area is 90.5 Å². The van der Waals surface area contributed by atoms with E-state index in [1.807, 2.05) is 0 Å². The van der Waals surface area contributed by atoms with Crippen molar-refractivity contribution in [3.63, 3.8) is 0 Å². The summed E-state index contributed by atoms with van der Waals surface area (Å²) in [5, 5.41) is 2.78. The van der Waals surface area contributed by atoms with Gasteiger partial charge in [0.15, 0.2) is 6.29 Å². The van der Waals surface area contributed by atoms with Gasteiger partial charge in [-0.15, -0.1) is 11.3 Å². The molecule has 1 rings (SSSR count). The summed E-state index contributed by atoms with van der Waals surface area (Å²) in [6.07, 6.45) is 1.83. The molecule has 0 bridgehead atoms. The molecule has 0 aliphatic carbocycles. The molecule has 0 aliphatic rings. The van der Waals surface area contributed by atoms with Crippen molar-refractivity contribution in [1.29, 1.82) is 0 Å². The highest BCUT2D eigenvalue weighted by molar-refractivity contribution is 9.09. The third-order valence-electron chi connectivity index (χ3n) is 1.61. The van der Waals surface area contributed by atoms with Crippen LogP contribution in [0, 0.1) is 5.92 Å². The van der Waals surface area contributed by atoms with Crippen LogP contribution in [0.4, 0.5) is 0 Å². The number of alkyl halides is 1. The molecule has 72 valence electrons. The van der Waals surface area contributed by atoms with Gasteiger partial charge in [-0.1, -0.05) is 29.8 Å². The number of carbonyl (C=O) groups excluding carboxylic acids is 1. The molecule has 0 saturated carbocycles. The van der Waals surface area contributed by atoms with E-state index in [1.54, 1.807) is 5.38 Å². The lowest BCUT2D eigenvalue weighted by atomic mass is 10.1.